The third-order valence-corrected chi connectivity index (χ3v) is 4.34. The molecule has 1 saturated carbocycles. The molecule has 0 unspecified atom stereocenters. The first-order chi connectivity index (χ1) is 9.16. The number of hydrogen-bond donors (Lipinski definition) is 0. The molecular weight excluding hydrogens is 285 g/mol. The molecule has 2 aromatic heterocycles. The van der Waals surface area contributed by atoms with E-state index >= 15 is 0 Å². The molecule has 19 heavy (non-hydrogen) atoms. The normalized spacial score (nSPS) is 17.0. The van der Waals surface area contributed by atoms with E-state index in [9.17, 15) is 0 Å². The molecule has 102 valence electrons. The minimum absolute atomic E-state index is 0.256. The van der Waals surface area contributed by atoms with Gasteiger partial charge >= 0.3 is 0 Å². The van der Waals surface area contributed by atoms with Crippen molar-refractivity contribution in [3.05, 3.63) is 16.4 Å². The Hall–Kier alpha value is -1.000. The largest absolute Gasteiger partial charge is 0.461 e. The van der Waals surface area contributed by atoms with Gasteiger partial charge in [-0.2, -0.15) is 4.98 Å². The van der Waals surface area contributed by atoms with Gasteiger partial charge in [0, 0.05) is 7.05 Å². The second kappa shape index (κ2) is 5.17. The highest BCUT2D eigenvalue weighted by Crippen LogP contribution is 2.32. The summed E-state index contributed by atoms with van der Waals surface area (Å²) in [6.45, 7) is 0. The van der Waals surface area contributed by atoms with E-state index in [2.05, 4.69) is 9.97 Å². The molecular formula is C13H15Cl2N3O. The fourth-order valence-electron chi connectivity index (χ4n) is 2.56. The molecule has 2 heterocycles. The van der Waals surface area contributed by atoms with Crippen LogP contribution in [-0.2, 0) is 7.05 Å². The van der Waals surface area contributed by atoms with E-state index in [1.165, 1.54) is 19.3 Å². The zero-order chi connectivity index (χ0) is 13.4. The van der Waals surface area contributed by atoms with Crippen LogP contribution in [0.25, 0.3) is 11.0 Å². The highest BCUT2D eigenvalue weighted by Gasteiger charge is 2.20. The van der Waals surface area contributed by atoms with Crippen molar-refractivity contribution < 1.29 is 4.74 Å². The summed E-state index contributed by atoms with van der Waals surface area (Å²) >= 11 is 12.1. The highest BCUT2D eigenvalue weighted by molar-refractivity contribution is 6.44. The van der Waals surface area contributed by atoms with Crippen molar-refractivity contribution >= 4 is 34.2 Å². The topological polar surface area (TPSA) is 39.9 Å². The van der Waals surface area contributed by atoms with Crippen LogP contribution in [-0.4, -0.2) is 20.6 Å². The monoisotopic (exact) mass is 299 g/mol. The third-order valence-electron chi connectivity index (χ3n) is 3.59. The van der Waals surface area contributed by atoms with E-state index in [0.29, 0.717) is 21.7 Å². The number of imidazole rings is 1. The highest BCUT2D eigenvalue weighted by atomic mass is 35.5. The van der Waals surface area contributed by atoms with Gasteiger partial charge in [-0.25, -0.2) is 4.98 Å². The lowest BCUT2D eigenvalue weighted by atomic mass is 9.98. The van der Waals surface area contributed by atoms with Crippen molar-refractivity contribution in [1.29, 1.82) is 0 Å². The first-order valence-electron chi connectivity index (χ1n) is 6.50. The second-order valence-electron chi connectivity index (χ2n) is 4.93. The summed E-state index contributed by atoms with van der Waals surface area (Å²) in [6.07, 6.45) is 7.81. The molecule has 1 fully saturated rings. The van der Waals surface area contributed by atoms with Gasteiger partial charge in [-0.1, -0.05) is 29.6 Å². The molecule has 0 amide bonds. The number of hydrogen-bond acceptors (Lipinski definition) is 3. The van der Waals surface area contributed by atoms with Gasteiger partial charge in [-0.15, -0.1) is 0 Å². The smallest absolute Gasteiger partial charge is 0.297 e. The first-order valence-corrected chi connectivity index (χ1v) is 7.25. The van der Waals surface area contributed by atoms with Gasteiger partial charge in [0.1, 0.15) is 21.8 Å². The standard InChI is InChI=1S/C13H15Cl2N3O/c1-18-11-9(7-16-12(15)10(11)14)17-13(18)19-8-5-3-2-4-6-8/h7-8H,2-6H2,1H3. The van der Waals surface area contributed by atoms with Gasteiger partial charge < -0.3 is 4.74 Å². The van der Waals surface area contributed by atoms with Crippen LogP contribution in [0.3, 0.4) is 0 Å². The molecule has 0 aliphatic heterocycles. The Morgan fingerprint density at radius 1 is 1.26 bits per heavy atom. The van der Waals surface area contributed by atoms with E-state index in [1.54, 1.807) is 6.20 Å². The minimum Gasteiger partial charge on any atom is -0.461 e. The van der Waals surface area contributed by atoms with Gasteiger partial charge in [0.15, 0.2) is 0 Å². The first kappa shape index (κ1) is 13.0. The number of nitrogens with zero attached hydrogens (tertiary/aromatic N) is 3. The molecule has 0 radical (unpaired) electrons. The summed E-state index contributed by atoms with van der Waals surface area (Å²) in [5.41, 5.74) is 1.48. The Labute approximate surface area is 121 Å². The molecule has 0 atom stereocenters. The summed E-state index contributed by atoms with van der Waals surface area (Å²) in [4.78, 5) is 8.45. The maximum absolute atomic E-state index is 6.18. The van der Waals surface area contributed by atoms with E-state index < -0.39 is 0 Å². The van der Waals surface area contributed by atoms with Crippen LogP contribution < -0.4 is 4.74 Å². The minimum atomic E-state index is 0.256. The molecule has 1 aliphatic carbocycles. The Balaban J connectivity index is 1.96. The number of aromatic nitrogens is 3. The van der Waals surface area contributed by atoms with Gasteiger partial charge in [-0.3, -0.25) is 4.57 Å². The van der Waals surface area contributed by atoms with E-state index in [-0.39, 0.29) is 6.10 Å². The zero-order valence-electron chi connectivity index (χ0n) is 10.7. The number of halogens is 2. The van der Waals surface area contributed by atoms with Gasteiger partial charge in [-0.05, 0) is 25.7 Å². The van der Waals surface area contributed by atoms with Crippen LogP contribution in [0.1, 0.15) is 32.1 Å². The summed E-state index contributed by atoms with van der Waals surface area (Å²) in [6, 6.07) is 0.591. The quantitative estimate of drug-likeness (QED) is 0.787. The summed E-state index contributed by atoms with van der Waals surface area (Å²) in [7, 11) is 1.88. The molecule has 3 rings (SSSR count). The van der Waals surface area contributed by atoms with Crippen molar-refractivity contribution in [3.63, 3.8) is 0 Å². The van der Waals surface area contributed by atoms with Crippen LogP contribution in [0.15, 0.2) is 6.20 Å². The summed E-state index contributed by atoms with van der Waals surface area (Å²) in [5.74, 6) is 0. The molecule has 0 N–H and O–H groups in total. The average molecular weight is 300 g/mol. The number of rotatable bonds is 2. The Morgan fingerprint density at radius 3 is 2.74 bits per heavy atom. The summed E-state index contributed by atoms with van der Waals surface area (Å²) in [5, 5.41) is 0.717. The molecule has 0 aromatic carbocycles. The van der Waals surface area contributed by atoms with Gasteiger partial charge in [0.2, 0.25) is 0 Å². The number of fused-ring (bicyclic) bond motifs is 1. The van der Waals surface area contributed by atoms with Crippen LogP contribution >= 0.6 is 23.2 Å². The molecule has 6 heteroatoms. The van der Waals surface area contributed by atoms with Crippen molar-refractivity contribution in [2.24, 2.45) is 7.05 Å². The van der Waals surface area contributed by atoms with E-state index in [4.69, 9.17) is 27.9 Å². The van der Waals surface area contributed by atoms with Gasteiger partial charge in [0.05, 0.1) is 11.7 Å². The molecule has 0 saturated heterocycles. The van der Waals surface area contributed by atoms with Crippen LogP contribution in [0.5, 0.6) is 6.01 Å². The van der Waals surface area contributed by atoms with Gasteiger partial charge in [0.25, 0.3) is 6.01 Å². The predicted octanol–water partition coefficient (Wildman–Crippen LogP) is 3.99. The van der Waals surface area contributed by atoms with Crippen molar-refractivity contribution in [3.8, 4) is 6.01 Å². The Morgan fingerprint density at radius 2 is 2.00 bits per heavy atom. The molecule has 0 spiro atoms. The molecule has 2 aromatic rings. The predicted molar refractivity (Wildman–Crippen MR) is 76.0 cm³/mol. The second-order valence-corrected chi connectivity index (χ2v) is 5.66. The third kappa shape index (κ3) is 2.39. The fraction of sp³-hybridized carbons (Fsp3) is 0.538. The average Bonchev–Trinajstić information content (AvgIpc) is 2.73. The zero-order valence-corrected chi connectivity index (χ0v) is 12.2. The van der Waals surface area contributed by atoms with Crippen molar-refractivity contribution in [1.82, 2.24) is 14.5 Å². The summed E-state index contributed by atoms with van der Waals surface area (Å²) < 4.78 is 7.84. The maximum Gasteiger partial charge on any atom is 0.297 e. The number of aryl methyl sites for hydroxylation is 1. The maximum atomic E-state index is 6.18. The van der Waals surface area contributed by atoms with Crippen LogP contribution in [0.4, 0.5) is 0 Å². The lowest BCUT2D eigenvalue weighted by Gasteiger charge is -2.22. The SMILES string of the molecule is Cn1c(OC2CCCCC2)nc2cnc(Cl)c(Cl)c21. The van der Waals surface area contributed by atoms with E-state index in [1.807, 2.05) is 11.6 Å². The van der Waals surface area contributed by atoms with Crippen LogP contribution in [0, 0.1) is 0 Å². The molecule has 4 nitrogen and oxygen atoms in total. The number of pyridine rings is 1. The van der Waals surface area contributed by atoms with Crippen molar-refractivity contribution in [2.75, 3.05) is 0 Å². The lowest BCUT2D eigenvalue weighted by Crippen LogP contribution is -2.21. The van der Waals surface area contributed by atoms with E-state index in [0.717, 1.165) is 18.4 Å². The van der Waals surface area contributed by atoms with Crippen LogP contribution in [0.2, 0.25) is 10.2 Å². The fourth-order valence-corrected chi connectivity index (χ4v) is 2.97. The van der Waals surface area contributed by atoms with Crippen molar-refractivity contribution in [2.45, 2.75) is 38.2 Å². The lowest BCUT2D eigenvalue weighted by molar-refractivity contribution is 0.138. The molecule has 1 aliphatic rings. The molecule has 0 bridgehead atoms. The Bertz CT molecular complexity index is 605. The number of ether oxygens (including phenoxy) is 1. The Kier molecular flexibility index (Phi) is 3.54.